The van der Waals surface area contributed by atoms with Gasteiger partial charge in [0.1, 0.15) is 0 Å². The topological polar surface area (TPSA) is 96.2 Å². The second kappa shape index (κ2) is 8.31. The van der Waals surface area contributed by atoms with Crippen molar-refractivity contribution in [2.75, 3.05) is 13.2 Å². The van der Waals surface area contributed by atoms with E-state index in [4.69, 9.17) is 0 Å². The first-order chi connectivity index (χ1) is 14.1. The molecule has 2 aliphatic heterocycles. The van der Waals surface area contributed by atoms with Gasteiger partial charge in [-0.05, 0) is 43.2 Å². The van der Waals surface area contributed by atoms with Crippen LogP contribution in [0.2, 0.25) is 0 Å². The highest BCUT2D eigenvalue weighted by molar-refractivity contribution is 5.82. The summed E-state index contributed by atoms with van der Waals surface area (Å²) in [5, 5.41) is 16.4. The Bertz CT molecular complexity index is 970. The summed E-state index contributed by atoms with van der Waals surface area (Å²) in [7, 11) is 0. The number of pyridine rings is 2. The summed E-state index contributed by atoms with van der Waals surface area (Å²) in [5.74, 6) is -0.318. The average Bonchev–Trinajstić information content (AvgIpc) is 3.27. The number of carbonyl (C=O) groups is 1. The van der Waals surface area contributed by atoms with Crippen molar-refractivity contribution in [3.8, 4) is 0 Å². The van der Waals surface area contributed by atoms with Gasteiger partial charge in [0.15, 0.2) is 0 Å². The van der Waals surface area contributed by atoms with Crippen LogP contribution >= 0.6 is 0 Å². The average molecular weight is 394 g/mol. The number of carbonyl (C=O) groups excluding carboxylic acids is 1. The van der Waals surface area contributed by atoms with E-state index in [9.17, 15) is 14.7 Å². The lowest BCUT2D eigenvalue weighted by Gasteiger charge is -2.21. The molecule has 29 heavy (non-hydrogen) atoms. The highest BCUT2D eigenvalue weighted by Crippen LogP contribution is 2.42. The molecule has 1 fully saturated rings. The van der Waals surface area contributed by atoms with Gasteiger partial charge in [0.05, 0.1) is 12.1 Å². The quantitative estimate of drug-likeness (QED) is 0.676. The summed E-state index contributed by atoms with van der Waals surface area (Å²) in [6, 6.07) is 7.07. The molecule has 2 aliphatic rings. The van der Waals surface area contributed by atoms with E-state index in [0.717, 1.165) is 17.7 Å². The number of amides is 1. The predicted molar refractivity (Wildman–Crippen MR) is 110 cm³/mol. The third kappa shape index (κ3) is 3.63. The molecule has 3 N–H and O–H groups in total. The highest BCUT2D eigenvalue weighted by Gasteiger charge is 2.50. The molecule has 4 rings (SSSR count). The third-order valence-electron chi connectivity index (χ3n) is 6.02. The summed E-state index contributed by atoms with van der Waals surface area (Å²) >= 11 is 0. The minimum Gasteiger partial charge on any atom is -0.396 e. The van der Waals surface area contributed by atoms with Crippen LogP contribution in [0.1, 0.15) is 29.8 Å². The van der Waals surface area contributed by atoms with Gasteiger partial charge in [-0.25, -0.2) is 0 Å². The van der Waals surface area contributed by atoms with Crippen molar-refractivity contribution < 1.29 is 9.90 Å². The number of rotatable bonds is 6. The number of hydrogen-bond donors (Lipinski definition) is 3. The summed E-state index contributed by atoms with van der Waals surface area (Å²) < 4.78 is 1.78. The van der Waals surface area contributed by atoms with Gasteiger partial charge in [-0.2, -0.15) is 0 Å². The molecule has 0 spiro atoms. The number of hydrogen-bond acceptors (Lipinski definition) is 5. The third-order valence-corrected chi connectivity index (χ3v) is 6.02. The maximum Gasteiger partial charge on any atom is 0.258 e. The Morgan fingerprint density at radius 1 is 1.34 bits per heavy atom. The molecule has 0 radical (unpaired) electrons. The lowest BCUT2D eigenvalue weighted by Crippen LogP contribution is -2.46. The molecule has 0 bridgehead atoms. The summed E-state index contributed by atoms with van der Waals surface area (Å²) in [6.45, 7) is 2.83. The first kappa shape index (κ1) is 19.5. The van der Waals surface area contributed by atoms with Gasteiger partial charge in [0, 0.05) is 55.2 Å². The fourth-order valence-corrected chi connectivity index (χ4v) is 4.57. The second-order valence-corrected chi connectivity index (χ2v) is 7.66. The van der Waals surface area contributed by atoms with Crippen LogP contribution in [-0.2, 0) is 17.8 Å². The lowest BCUT2D eigenvalue weighted by molar-refractivity contribution is -0.124. The van der Waals surface area contributed by atoms with E-state index in [2.05, 4.69) is 15.6 Å². The number of aliphatic hydroxyl groups excluding tert-OH is 1. The summed E-state index contributed by atoms with van der Waals surface area (Å²) in [5.41, 5.74) is 2.63. The molecule has 0 unspecified atom stereocenters. The van der Waals surface area contributed by atoms with Crippen molar-refractivity contribution in [1.82, 2.24) is 20.2 Å². The predicted octanol–water partition coefficient (Wildman–Crippen LogP) is 0.886. The summed E-state index contributed by atoms with van der Waals surface area (Å²) in [4.78, 5) is 29.5. The van der Waals surface area contributed by atoms with Crippen LogP contribution < -0.4 is 16.2 Å². The van der Waals surface area contributed by atoms with Crippen LogP contribution in [0.15, 0.2) is 47.5 Å². The van der Waals surface area contributed by atoms with Crippen molar-refractivity contribution in [2.45, 2.75) is 32.0 Å². The van der Waals surface area contributed by atoms with Crippen molar-refractivity contribution in [2.24, 2.45) is 11.8 Å². The van der Waals surface area contributed by atoms with Crippen LogP contribution in [0.3, 0.4) is 0 Å². The monoisotopic (exact) mass is 394 g/mol. The highest BCUT2D eigenvalue weighted by atomic mass is 16.3. The second-order valence-electron chi connectivity index (χ2n) is 7.66. The molecule has 2 aromatic rings. The van der Waals surface area contributed by atoms with E-state index >= 15 is 0 Å². The fraction of sp³-hybridized carbons (Fsp3) is 0.409. The van der Waals surface area contributed by atoms with Crippen LogP contribution in [-0.4, -0.2) is 39.8 Å². The van der Waals surface area contributed by atoms with Gasteiger partial charge in [0.25, 0.3) is 5.56 Å². The Labute approximate surface area is 169 Å². The summed E-state index contributed by atoms with van der Waals surface area (Å²) in [6.07, 6.45) is 7.85. The Morgan fingerprint density at radius 2 is 2.14 bits per heavy atom. The number of nitrogens with zero attached hydrogens (tertiary/aromatic N) is 2. The minimum atomic E-state index is -0.466. The lowest BCUT2D eigenvalue weighted by atomic mass is 9.88. The van der Waals surface area contributed by atoms with Crippen molar-refractivity contribution >= 4 is 12.0 Å². The van der Waals surface area contributed by atoms with Gasteiger partial charge in [-0.15, -0.1) is 0 Å². The van der Waals surface area contributed by atoms with E-state index in [-0.39, 0.29) is 36.0 Å². The molecule has 0 aliphatic carbocycles. The smallest absolute Gasteiger partial charge is 0.258 e. The Morgan fingerprint density at radius 3 is 2.86 bits per heavy atom. The van der Waals surface area contributed by atoms with E-state index in [0.29, 0.717) is 18.7 Å². The van der Waals surface area contributed by atoms with Gasteiger partial charge in [0.2, 0.25) is 5.91 Å². The van der Waals surface area contributed by atoms with Gasteiger partial charge >= 0.3 is 0 Å². The van der Waals surface area contributed by atoms with Crippen LogP contribution in [0.4, 0.5) is 0 Å². The first-order valence-corrected chi connectivity index (χ1v) is 10.0. The van der Waals surface area contributed by atoms with Gasteiger partial charge in [-0.3, -0.25) is 19.9 Å². The Hall–Kier alpha value is -2.77. The number of fused-ring (bicyclic) bond motifs is 3. The van der Waals surface area contributed by atoms with E-state index < -0.39 is 6.04 Å². The molecule has 7 nitrogen and oxygen atoms in total. The molecule has 0 aromatic carbocycles. The molecule has 152 valence electrons. The number of nitrogens with one attached hydrogen (secondary N) is 2. The zero-order valence-electron chi connectivity index (χ0n) is 16.4. The minimum absolute atomic E-state index is 0.0181. The molecule has 7 heteroatoms. The maximum absolute atomic E-state index is 12.8. The van der Waals surface area contributed by atoms with Crippen molar-refractivity contribution in [3.05, 3.63) is 69.9 Å². The zero-order chi connectivity index (χ0) is 20.4. The number of aromatic nitrogens is 2. The molecule has 0 saturated carbocycles. The molecular formula is C22H26N4O3. The van der Waals surface area contributed by atoms with Gasteiger partial charge in [-0.1, -0.05) is 12.2 Å². The molecule has 1 amide bonds. The van der Waals surface area contributed by atoms with Crippen LogP contribution in [0.5, 0.6) is 0 Å². The zero-order valence-corrected chi connectivity index (χ0v) is 16.4. The van der Waals surface area contributed by atoms with Crippen molar-refractivity contribution in [1.29, 1.82) is 0 Å². The van der Waals surface area contributed by atoms with E-state index in [1.165, 1.54) is 0 Å². The Balaban J connectivity index is 1.46. The molecule has 1 saturated heterocycles. The van der Waals surface area contributed by atoms with Crippen molar-refractivity contribution in [3.63, 3.8) is 0 Å². The maximum atomic E-state index is 12.8. The number of aliphatic hydroxyl groups is 1. The van der Waals surface area contributed by atoms with Crippen LogP contribution in [0.25, 0.3) is 6.08 Å². The van der Waals surface area contributed by atoms with Gasteiger partial charge < -0.3 is 15.0 Å². The Kier molecular flexibility index (Phi) is 5.60. The van der Waals surface area contributed by atoms with Crippen LogP contribution in [0, 0.1) is 11.8 Å². The van der Waals surface area contributed by atoms with E-state index in [1.807, 2.05) is 37.3 Å². The fourth-order valence-electron chi connectivity index (χ4n) is 4.57. The molecule has 4 atom stereocenters. The standard InChI is InChI=1S/C22H26N4O3/c1-2-3-15-4-5-18-19-16(12-26(18)22(15)29)17(13-27)20(25-19)21(28)24-11-8-14-6-9-23-10-7-14/h2-7,9-10,16-17,19-20,25,27H,8,11-13H2,1H3,(H,24,28)/b3-2-/t16-,17-,19+,20-/m1/s1. The normalized spacial score (nSPS) is 25.2. The molecule has 2 aromatic heterocycles. The first-order valence-electron chi connectivity index (χ1n) is 10.0. The SMILES string of the molecule is C/C=C\c1ccc2n(c1=O)C[C@@H]1[C@@H](CO)[C@H](C(=O)NCCc3ccncc3)N[C@H]21. The van der Waals surface area contributed by atoms with E-state index in [1.54, 1.807) is 23.0 Å². The molecule has 4 heterocycles. The number of allylic oxidation sites excluding steroid dienone is 1. The molecular weight excluding hydrogens is 368 g/mol. The largest absolute Gasteiger partial charge is 0.396 e.